The SMILES string of the molecule is CC(C(=O)NC1CCC(N)CC1)C(C)(C)C.Cl. The monoisotopic (exact) mass is 262 g/mol. The molecule has 1 unspecified atom stereocenters. The molecule has 0 radical (unpaired) electrons. The highest BCUT2D eigenvalue weighted by Crippen LogP contribution is 2.26. The average Bonchev–Trinajstić information content (AvgIpc) is 2.19. The minimum atomic E-state index is 0. The number of carbonyl (C=O) groups excluding carboxylic acids is 1. The van der Waals surface area contributed by atoms with E-state index in [0.29, 0.717) is 12.1 Å². The van der Waals surface area contributed by atoms with Crippen molar-refractivity contribution in [2.24, 2.45) is 17.1 Å². The molecule has 1 aliphatic rings. The van der Waals surface area contributed by atoms with E-state index in [4.69, 9.17) is 5.73 Å². The van der Waals surface area contributed by atoms with Crippen LogP contribution in [0.5, 0.6) is 0 Å². The first-order valence-electron chi connectivity index (χ1n) is 6.36. The lowest BCUT2D eigenvalue weighted by Crippen LogP contribution is -2.44. The Bertz CT molecular complexity index is 242. The zero-order valence-corrected chi connectivity index (χ0v) is 12.3. The minimum absolute atomic E-state index is 0. The van der Waals surface area contributed by atoms with Crippen molar-refractivity contribution in [2.75, 3.05) is 0 Å². The van der Waals surface area contributed by atoms with Crippen LogP contribution in [-0.2, 0) is 4.79 Å². The largest absolute Gasteiger partial charge is 0.353 e. The van der Waals surface area contributed by atoms with Gasteiger partial charge in [0.15, 0.2) is 0 Å². The van der Waals surface area contributed by atoms with E-state index in [0.717, 1.165) is 25.7 Å². The third-order valence-electron chi connectivity index (χ3n) is 3.81. The zero-order valence-electron chi connectivity index (χ0n) is 11.5. The van der Waals surface area contributed by atoms with Crippen molar-refractivity contribution >= 4 is 18.3 Å². The predicted octanol–water partition coefficient (Wildman–Crippen LogP) is 2.48. The van der Waals surface area contributed by atoms with Crippen molar-refractivity contribution in [1.82, 2.24) is 5.32 Å². The second kappa shape index (κ2) is 6.60. The summed E-state index contributed by atoms with van der Waals surface area (Å²) in [5.41, 5.74) is 5.88. The molecule has 0 heterocycles. The second-order valence-corrected chi connectivity index (χ2v) is 6.21. The molecule has 1 rings (SSSR count). The molecule has 1 fully saturated rings. The number of hydrogen-bond donors (Lipinski definition) is 2. The Hall–Kier alpha value is -0.280. The topological polar surface area (TPSA) is 55.1 Å². The van der Waals surface area contributed by atoms with Crippen LogP contribution >= 0.6 is 12.4 Å². The van der Waals surface area contributed by atoms with Gasteiger partial charge in [0.2, 0.25) is 5.91 Å². The molecule has 0 spiro atoms. The smallest absolute Gasteiger partial charge is 0.223 e. The summed E-state index contributed by atoms with van der Waals surface area (Å²) in [6, 6.07) is 0.685. The maximum atomic E-state index is 12.0. The van der Waals surface area contributed by atoms with Gasteiger partial charge in [0.1, 0.15) is 0 Å². The van der Waals surface area contributed by atoms with Crippen molar-refractivity contribution in [1.29, 1.82) is 0 Å². The first kappa shape index (κ1) is 16.7. The maximum Gasteiger partial charge on any atom is 0.223 e. The molecule has 1 aliphatic carbocycles. The number of carbonyl (C=O) groups is 1. The summed E-state index contributed by atoms with van der Waals surface area (Å²) in [6.45, 7) is 8.32. The Labute approximate surface area is 111 Å². The average molecular weight is 263 g/mol. The number of hydrogen-bond acceptors (Lipinski definition) is 2. The first-order chi connectivity index (χ1) is 7.30. The van der Waals surface area contributed by atoms with E-state index >= 15 is 0 Å². The second-order valence-electron chi connectivity index (χ2n) is 6.21. The normalized spacial score (nSPS) is 26.9. The fourth-order valence-corrected chi connectivity index (χ4v) is 1.98. The minimum Gasteiger partial charge on any atom is -0.353 e. The molecule has 3 nitrogen and oxygen atoms in total. The van der Waals surface area contributed by atoms with Gasteiger partial charge in [-0.25, -0.2) is 0 Å². The molecule has 1 saturated carbocycles. The van der Waals surface area contributed by atoms with E-state index in [2.05, 4.69) is 26.1 Å². The van der Waals surface area contributed by atoms with E-state index in [1.165, 1.54) is 0 Å². The number of nitrogens with one attached hydrogen (secondary N) is 1. The van der Waals surface area contributed by atoms with Crippen LogP contribution in [0.2, 0.25) is 0 Å². The van der Waals surface area contributed by atoms with Crippen LogP contribution in [0.15, 0.2) is 0 Å². The van der Waals surface area contributed by atoms with Crippen LogP contribution in [-0.4, -0.2) is 18.0 Å². The lowest BCUT2D eigenvalue weighted by atomic mass is 9.81. The fourth-order valence-electron chi connectivity index (χ4n) is 1.98. The molecule has 0 saturated heterocycles. The molecule has 0 aromatic carbocycles. The summed E-state index contributed by atoms with van der Waals surface area (Å²) in [6.07, 6.45) is 4.14. The number of amides is 1. The Balaban J connectivity index is 0.00000256. The zero-order chi connectivity index (χ0) is 12.3. The summed E-state index contributed by atoms with van der Waals surface area (Å²) >= 11 is 0. The third-order valence-corrected chi connectivity index (χ3v) is 3.81. The highest BCUT2D eigenvalue weighted by Gasteiger charge is 2.29. The Morgan fingerprint density at radius 2 is 1.71 bits per heavy atom. The predicted molar refractivity (Wildman–Crippen MR) is 74.2 cm³/mol. The van der Waals surface area contributed by atoms with Crippen LogP contribution in [0.25, 0.3) is 0 Å². The Morgan fingerprint density at radius 1 is 1.24 bits per heavy atom. The van der Waals surface area contributed by atoms with E-state index in [1.807, 2.05) is 6.92 Å². The van der Waals surface area contributed by atoms with E-state index in [9.17, 15) is 4.79 Å². The van der Waals surface area contributed by atoms with Crippen LogP contribution in [0.4, 0.5) is 0 Å². The van der Waals surface area contributed by atoms with Gasteiger partial charge in [-0.2, -0.15) is 0 Å². The van der Waals surface area contributed by atoms with Crippen LogP contribution in [0.3, 0.4) is 0 Å². The molecule has 1 atom stereocenters. The van der Waals surface area contributed by atoms with Crippen molar-refractivity contribution in [3.05, 3.63) is 0 Å². The van der Waals surface area contributed by atoms with Gasteiger partial charge in [0.05, 0.1) is 0 Å². The molecule has 1 amide bonds. The number of rotatable bonds is 2. The van der Waals surface area contributed by atoms with Crippen LogP contribution < -0.4 is 11.1 Å². The van der Waals surface area contributed by atoms with E-state index in [1.54, 1.807) is 0 Å². The summed E-state index contributed by atoms with van der Waals surface area (Å²) in [4.78, 5) is 12.0. The van der Waals surface area contributed by atoms with Crippen LogP contribution in [0, 0.1) is 11.3 Å². The van der Waals surface area contributed by atoms with E-state index < -0.39 is 0 Å². The van der Waals surface area contributed by atoms with Crippen molar-refractivity contribution < 1.29 is 4.79 Å². The Kier molecular flexibility index (Phi) is 6.49. The van der Waals surface area contributed by atoms with Crippen molar-refractivity contribution in [2.45, 2.75) is 65.5 Å². The van der Waals surface area contributed by atoms with E-state index in [-0.39, 0.29) is 29.6 Å². The molecular weight excluding hydrogens is 236 g/mol. The van der Waals surface area contributed by atoms with Gasteiger partial charge in [0.25, 0.3) is 0 Å². The highest BCUT2D eigenvalue weighted by molar-refractivity contribution is 5.85. The van der Waals surface area contributed by atoms with Gasteiger partial charge < -0.3 is 11.1 Å². The lowest BCUT2D eigenvalue weighted by molar-refractivity contribution is -0.128. The third kappa shape index (κ3) is 5.26. The summed E-state index contributed by atoms with van der Waals surface area (Å²) in [5, 5.41) is 3.15. The molecular formula is C13H27ClN2O. The number of halogens is 1. The maximum absolute atomic E-state index is 12.0. The quantitative estimate of drug-likeness (QED) is 0.803. The van der Waals surface area contributed by atoms with Crippen molar-refractivity contribution in [3.8, 4) is 0 Å². The summed E-state index contributed by atoms with van der Waals surface area (Å²) in [5.74, 6) is 0.246. The highest BCUT2D eigenvalue weighted by atomic mass is 35.5. The molecule has 4 heteroatoms. The van der Waals surface area contributed by atoms with Gasteiger partial charge in [0, 0.05) is 18.0 Å². The lowest BCUT2D eigenvalue weighted by Gasteiger charge is -2.31. The first-order valence-corrected chi connectivity index (χ1v) is 6.36. The Morgan fingerprint density at radius 3 is 2.12 bits per heavy atom. The molecule has 0 aliphatic heterocycles. The molecule has 17 heavy (non-hydrogen) atoms. The molecule has 0 aromatic heterocycles. The molecule has 3 N–H and O–H groups in total. The standard InChI is InChI=1S/C13H26N2O.ClH/c1-9(13(2,3)4)12(16)15-11-7-5-10(14)6-8-11;/h9-11H,5-8,14H2,1-4H3,(H,15,16);1H. The van der Waals surface area contributed by atoms with Gasteiger partial charge in [-0.15, -0.1) is 12.4 Å². The van der Waals surface area contributed by atoms with Gasteiger partial charge >= 0.3 is 0 Å². The van der Waals surface area contributed by atoms with Crippen molar-refractivity contribution in [3.63, 3.8) is 0 Å². The molecule has 102 valence electrons. The number of nitrogens with two attached hydrogens (primary N) is 1. The van der Waals surface area contributed by atoms with Gasteiger partial charge in [-0.05, 0) is 31.1 Å². The fraction of sp³-hybridized carbons (Fsp3) is 0.923. The van der Waals surface area contributed by atoms with Gasteiger partial charge in [-0.3, -0.25) is 4.79 Å². The molecule has 0 bridgehead atoms. The molecule has 0 aromatic rings. The summed E-state index contributed by atoms with van der Waals surface area (Å²) < 4.78 is 0. The van der Waals surface area contributed by atoms with Crippen LogP contribution in [0.1, 0.15) is 53.4 Å². The summed E-state index contributed by atoms with van der Waals surface area (Å²) in [7, 11) is 0. The van der Waals surface area contributed by atoms with Gasteiger partial charge in [-0.1, -0.05) is 27.7 Å².